The van der Waals surface area contributed by atoms with Crippen LogP contribution < -0.4 is 5.11 Å². The molecule has 0 aliphatic heterocycles. The first-order chi connectivity index (χ1) is 25.1. The van der Waals surface area contributed by atoms with Crippen LogP contribution in [0, 0.1) is 0 Å². The van der Waals surface area contributed by atoms with E-state index in [1.807, 2.05) is 6.08 Å². The van der Waals surface area contributed by atoms with Gasteiger partial charge in [-0.2, -0.15) is 0 Å². The van der Waals surface area contributed by atoms with Crippen molar-refractivity contribution in [1.82, 2.24) is 0 Å². The number of carboxylic acid groups (broad SMARTS) is 1. The van der Waals surface area contributed by atoms with Gasteiger partial charge in [0.15, 0.2) is 6.10 Å². The minimum atomic E-state index is -1.14. The van der Waals surface area contributed by atoms with Gasteiger partial charge in [0, 0.05) is 19.3 Å². The molecule has 298 valence electrons. The summed E-state index contributed by atoms with van der Waals surface area (Å²) >= 11 is 0. The Morgan fingerprint density at radius 3 is 1.81 bits per heavy atom. The minimum Gasteiger partial charge on any atom is -0.544 e. The zero-order valence-electron chi connectivity index (χ0n) is 33.7. The van der Waals surface area contributed by atoms with E-state index in [1.54, 1.807) is 21.1 Å². The molecule has 0 heterocycles. The first-order valence-corrected chi connectivity index (χ1v) is 20.3. The SMILES string of the molecule is CC/C=C/C=C/C=C/CCCCCCCCCC(=O)OC(COCCC(C(=O)[O-])[N+](C)(C)C)COC(=O)CC/C=C/C/C=C/CCCCCCCC. The van der Waals surface area contributed by atoms with Crippen molar-refractivity contribution in [1.29, 1.82) is 0 Å². The van der Waals surface area contributed by atoms with Crippen molar-refractivity contribution in [2.45, 2.75) is 161 Å². The van der Waals surface area contributed by atoms with Crippen LogP contribution in [-0.2, 0) is 28.6 Å². The van der Waals surface area contributed by atoms with Gasteiger partial charge >= 0.3 is 11.9 Å². The summed E-state index contributed by atoms with van der Waals surface area (Å²) in [5.41, 5.74) is 0. The van der Waals surface area contributed by atoms with E-state index in [9.17, 15) is 19.5 Å². The van der Waals surface area contributed by atoms with Crippen LogP contribution >= 0.6 is 0 Å². The summed E-state index contributed by atoms with van der Waals surface area (Å²) in [7, 11) is 5.37. The molecular formula is C44H75NO7. The van der Waals surface area contributed by atoms with Crippen LogP contribution in [0.15, 0.2) is 60.8 Å². The third kappa shape index (κ3) is 32.9. The van der Waals surface area contributed by atoms with Crippen molar-refractivity contribution in [3.63, 3.8) is 0 Å². The number of ether oxygens (including phenoxy) is 3. The number of aliphatic carboxylic acids is 1. The van der Waals surface area contributed by atoms with Crippen LogP contribution in [-0.4, -0.2) is 75.5 Å². The largest absolute Gasteiger partial charge is 0.544 e. The van der Waals surface area contributed by atoms with Crippen LogP contribution in [0.1, 0.15) is 149 Å². The average Bonchev–Trinajstić information content (AvgIpc) is 3.09. The van der Waals surface area contributed by atoms with Crippen molar-refractivity contribution < 1.29 is 38.2 Å². The molecule has 0 aromatic heterocycles. The maximum Gasteiger partial charge on any atom is 0.306 e. The van der Waals surface area contributed by atoms with Gasteiger partial charge in [-0.1, -0.05) is 139 Å². The van der Waals surface area contributed by atoms with E-state index in [4.69, 9.17) is 14.2 Å². The molecule has 8 nitrogen and oxygen atoms in total. The number of rotatable bonds is 35. The summed E-state index contributed by atoms with van der Waals surface area (Å²) in [6.45, 7) is 4.43. The van der Waals surface area contributed by atoms with Gasteiger partial charge in [-0.3, -0.25) is 9.59 Å². The van der Waals surface area contributed by atoms with Gasteiger partial charge in [-0.25, -0.2) is 0 Å². The molecule has 0 N–H and O–H groups in total. The highest BCUT2D eigenvalue weighted by atomic mass is 16.6. The fourth-order valence-corrected chi connectivity index (χ4v) is 5.53. The summed E-state index contributed by atoms with van der Waals surface area (Å²) in [6, 6.07) is -0.736. The molecule has 0 rings (SSSR count). The molecule has 0 radical (unpaired) electrons. The molecule has 52 heavy (non-hydrogen) atoms. The lowest BCUT2D eigenvalue weighted by molar-refractivity contribution is -0.889. The molecule has 0 saturated carbocycles. The Kier molecular flexibility index (Phi) is 33.1. The molecule has 8 heteroatoms. The average molecular weight is 730 g/mol. The topological polar surface area (TPSA) is 102 Å². The lowest BCUT2D eigenvalue weighted by atomic mass is 10.1. The minimum absolute atomic E-state index is 0.0162. The van der Waals surface area contributed by atoms with E-state index in [2.05, 4.69) is 68.5 Å². The summed E-state index contributed by atoms with van der Waals surface area (Å²) in [4.78, 5) is 36.7. The number of nitrogens with zero attached hydrogens (tertiary/aromatic N) is 1. The van der Waals surface area contributed by atoms with Gasteiger partial charge in [-0.05, 0) is 51.4 Å². The summed E-state index contributed by atoms with van der Waals surface area (Å²) in [6.07, 6.45) is 41.1. The summed E-state index contributed by atoms with van der Waals surface area (Å²) in [5, 5.41) is 11.6. The van der Waals surface area contributed by atoms with Crippen molar-refractivity contribution >= 4 is 17.9 Å². The standard InChI is InChI=1S/C44H75NO7/c1-6-8-10-12-14-16-18-20-21-23-25-27-29-31-33-35-43(47)52-40(38-50-37-36-41(44(48)49)45(3,4)5)39-51-42(46)34-32-30-28-26-24-22-19-17-15-13-11-9-7-2/h8,10,12,14,16,18,22,24,28,30,40-41H,6-7,9,11,13,15,17,19-21,23,25-27,29,31-39H2,1-5H3/b10-8+,14-12+,18-16+,24-22+,30-28+. The normalized spacial score (nSPS) is 13.6. The van der Waals surface area contributed by atoms with E-state index in [-0.39, 0.29) is 49.1 Å². The Bertz CT molecular complexity index is 1040. The van der Waals surface area contributed by atoms with Crippen molar-refractivity contribution in [2.24, 2.45) is 0 Å². The third-order valence-electron chi connectivity index (χ3n) is 8.71. The lowest BCUT2D eigenvalue weighted by Gasteiger charge is -2.34. The van der Waals surface area contributed by atoms with Gasteiger partial charge in [0.1, 0.15) is 12.6 Å². The van der Waals surface area contributed by atoms with Gasteiger partial charge in [0.05, 0.1) is 40.3 Å². The van der Waals surface area contributed by atoms with Crippen LogP contribution in [0.4, 0.5) is 0 Å². The number of carbonyl (C=O) groups is 3. The number of hydrogen-bond acceptors (Lipinski definition) is 7. The number of esters is 2. The fourth-order valence-electron chi connectivity index (χ4n) is 5.53. The molecule has 0 bridgehead atoms. The number of likely N-dealkylation sites (N-methyl/N-ethyl adjacent to an activating group) is 1. The highest BCUT2D eigenvalue weighted by Crippen LogP contribution is 2.13. The fraction of sp³-hybridized carbons (Fsp3) is 0.705. The number of quaternary nitrogens is 1. The molecule has 0 saturated heterocycles. The Hall–Kier alpha value is -2.97. The molecule has 0 aromatic rings. The number of unbranched alkanes of at least 4 members (excludes halogenated alkanes) is 13. The first kappa shape index (κ1) is 49.0. The van der Waals surface area contributed by atoms with Crippen LogP contribution in [0.2, 0.25) is 0 Å². The van der Waals surface area contributed by atoms with Crippen molar-refractivity contribution in [2.75, 3.05) is 41.0 Å². The van der Waals surface area contributed by atoms with E-state index >= 15 is 0 Å². The Labute approximate surface area is 318 Å². The van der Waals surface area contributed by atoms with Gasteiger partial charge in [-0.15, -0.1) is 0 Å². The molecule has 0 aliphatic carbocycles. The smallest absolute Gasteiger partial charge is 0.306 e. The number of carboxylic acids is 1. The monoisotopic (exact) mass is 730 g/mol. The van der Waals surface area contributed by atoms with E-state index < -0.39 is 18.1 Å². The Morgan fingerprint density at radius 2 is 1.19 bits per heavy atom. The predicted molar refractivity (Wildman–Crippen MR) is 212 cm³/mol. The molecule has 0 fully saturated rings. The zero-order valence-corrected chi connectivity index (χ0v) is 33.7. The second kappa shape index (κ2) is 35.1. The highest BCUT2D eigenvalue weighted by Gasteiger charge is 2.25. The summed E-state index contributed by atoms with van der Waals surface area (Å²) in [5.74, 6) is -1.84. The van der Waals surface area contributed by atoms with Crippen LogP contribution in [0.3, 0.4) is 0 Å². The van der Waals surface area contributed by atoms with Gasteiger partial charge < -0.3 is 28.6 Å². The molecule has 0 aliphatic rings. The van der Waals surface area contributed by atoms with E-state index in [1.165, 1.54) is 57.8 Å². The van der Waals surface area contributed by atoms with Crippen LogP contribution in [0.5, 0.6) is 0 Å². The molecule has 0 amide bonds. The number of hydrogen-bond donors (Lipinski definition) is 0. The van der Waals surface area contributed by atoms with Gasteiger partial charge in [0.2, 0.25) is 0 Å². The third-order valence-corrected chi connectivity index (χ3v) is 8.71. The van der Waals surface area contributed by atoms with Crippen molar-refractivity contribution in [3.8, 4) is 0 Å². The molecule has 0 aromatic carbocycles. The highest BCUT2D eigenvalue weighted by molar-refractivity contribution is 5.70. The van der Waals surface area contributed by atoms with Crippen molar-refractivity contribution in [3.05, 3.63) is 60.8 Å². The summed E-state index contributed by atoms with van der Waals surface area (Å²) < 4.78 is 17.0. The predicted octanol–water partition coefficient (Wildman–Crippen LogP) is 9.30. The number of allylic oxidation sites excluding steroid dienone is 10. The molecular weight excluding hydrogens is 654 g/mol. The van der Waals surface area contributed by atoms with Crippen LogP contribution in [0.25, 0.3) is 0 Å². The molecule has 2 atom stereocenters. The maximum absolute atomic E-state index is 12.7. The lowest BCUT2D eigenvalue weighted by Crippen LogP contribution is -2.55. The maximum atomic E-state index is 12.7. The van der Waals surface area contributed by atoms with E-state index in [0.717, 1.165) is 51.4 Å². The second-order valence-corrected chi connectivity index (χ2v) is 14.5. The van der Waals surface area contributed by atoms with Gasteiger partial charge in [0.25, 0.3) is 0 Å². The Morgan fingerprint density at radius 1 is 0.615 bits per heavy atom. The molecule has 0 spiro atoms. The zero-order chi connectivity index (χ0) is 38.5. The first-order valence-electron chi connectivity index (χ1n) is 20.3. The second-order valence-electron chi connectivity index (χ2n) is 14.5. The quantitative estimate of drug-likeness (QED) is 0.0211. The van der Waals surface area contributed by atoms with E-state index in [0.29, 0.717) is 12.8 Å². The molecule has 2 unspecified atom stereocenters. The number of carbonyl (C=O) groups excluding carboxylic acids is 3. The Balaban J connectivity index is 4.49.